The molecule has 0 saturated heterocycles. The van der Waals surface area contributed by atoms with Crippen LogP contribution in [0.15, 0.2) is 28.7 Å². The van der Waals surface area contributed by atoms with Gasteiger partial charge in [0, 0.05) is 20.7 Å². The van der Waals surface area contributed by atoms with E-state index >= 15 is 0 Å². The van der Waals surface area contributed by atoms with Gasteiger partial charge in [-0.3, -0.25) is 0 Å². The van der Waals surface area contributed by atoms with Crippen molar-refractivity contribution in [3.8, 4) is 11.3 Å². The van der Waals surface area contributed by atoms with Gasteiger partial charge in [0.2, 0.25) is 0 Å². The maximum absolute atomic E-state index is 4.76. The third-order valence-electron chi connectivity index (χ3n) is 2.50. The van der Waals surface area contributed by atoms with Crippen molar-refractivity contribution in [3.63, 3.8) is 0 Å². The first-order valence-electron chi connectivity index (χ1n) is 5.90. The highest BCUT2D eigenvalue weighted by molar-refractivity contribution is 9.10. The average Bonchev–Trinajstić information content (AvgIpc) is 2.69. The van der Waals surface area contributed by atoms with E-state index in [1.165, 1.54) is 15.4 Å². The van der Waals surface area contributed by atoms with E-state index in [9.17, 15) is 0 Å². The second-order valence-electron chi connectivity index (χ2n) is 4.38. The van der Waals surface area contributed by atoms with Gasteiger partial charge in [0.15, 0.2) is 0 Å². The minimum absolute atomic E-state index is 0.658. The van der Waals surface area contributed by atoms with E-state index in [2.05, 4.69) is 61.0 Å². The normalized spacial score (nSPS) is 11.2. The summed E-state index contributed by atoms with van der Waals surface area (Å²) in [5.41, 5.74) is 2.33. The van der Waals surface area contributed by atoms with Crippen LogP contribution in [0.1, 0.15) is 23.7 Å². The monoisotopic (exact) mass is 341 g/mol. The van der Waals surface area contributed by atoms with Gasteiger partial charge in [-0.2, -0.15) is 11.8 Å². The molecule has 0 aliphatic rings. The lowest BCUT2D eigenvalue weighted by Crippen LogP contribution is -1.88. The molecule has 18 heavy (non-hydrogen) atoms. The molecule has 1 nitrogen and oxygen atoms in total. The Hall–Kier alpha value is -0.320. The van der Waals surface area contributed by atoms with Crippen molar-refractivity contribution in [1.82, 2.24) is 4.98 Å². The predicted octanol–water partition coefficient (Wildman–Crippen LogP) is 5.52. The summed E-state index contributed by atoms with van der Waals surface area (Å²) in [6, 6.07) is 8.37. The highest BCUT2D eigenvalue weighted by Gasteiger charge is 2.10. The van der Waals surface area contributed by atoms with E-state index < -0.39 is 0 Å². The van der Waals surface area contributed by atoms with Crippen molar-refractivity contribution in [2.24, 2.45) is 0 Å². The maximum atomic E-state index is 4.76. The third-order valence-corrected chi connectivity index (χ3v) is 5.29. The number of hydrogen-bond donors (Lipinski definition) is 0. The first-order chi connectivity index (χ1) is 8.56. The molecular weight excluding hydrogens is 326 g/mol. The van der Waals surface area contributed by atoms with Gasteiger partial charge in [-0.15, -0.1) is 11.3 Å². The smallest absolute Gasteiger partial charge is 0.103 e. The molecule has 1 aromatic heterocycles. The van der Waals surface area contributed by atoms with Crippen LogP contribution < -0.4 is 0 Å². The SMILES string of the molecule is Cc1sc(CSC(C)C)nc1-c1ccc(Br)cc1. The largest absolute Gasteiger partial charge is 0.240 e. The van der Waals surface area contributed by atoms with Crippen LogP contribution in [0.2, 0.25) is 0 Å². The van der Waals surface area contributed by atoms with Crippen molar-refractivity contribution >= 4 is 39.0 Å². The van der Waals surface area contributed by atoms with Gasteiger partial charge in [-0.25, -0.2) is 4.98 Å². The van der Waals surface area contributed by atoms with Crippen molar-refractivity contribution in [1.29, 1.82) is 0 Å². The Kier molecular flexibility index (Phi) is 4.87. The molecule has 0 spiro atoms. The zero-order chi connectivity index (χ0) is 13.1. The number of hydrogen-bond acceptors (Lipinski definition) is 3. The van der Waals surface area contributed by atoms with Gasteiger partial charge >= 0.3 is 0 Å². The second kappa shape index (κ2) is 6.22. The minimum Gasteiger partial charge on any atom is -0.240 e. The van der Waals surface area contributed by atoms with Gasteiger partial charge < -0.3 is 0 Å². The van der Waals surface area contributed by atoms with Crippen LogP contribution in [-0.4, -0.2) is 10.2 Å². The minimum atomic E-state index is 0.658. The third kappa shape index (κ3) is 3.59. The van der Waals surface area contributed by atoms with Crippen LogP contribution in [0.5, 0.6) is 0 Å². The summed E-state index contributed by atoms with van der Waals surface area (Å²) in [7, 11) is 0. The van der Waals surface area contributed by atoms with Crippen LogP contribution in [0.3, 0.4) is 0 Å². The molecule has 0 saturated carbocycles. The molecule has 0 N–H and O–H groups in total. The van der Waals surface area contributed by atoms with Crippen molar-refractivity contribution in [3.05, 3.63) is 38.6 Å². The molecule has 2 rings (SSSR count). The highest BCUT2D eigenvalue weighted by atomic mass is 79.9. The number of aryl methyl sites for hydroxylation is 1. The zero-order valence-electron chi connectivity index (χ0n) is 10.7. The van der Waals surface area contributed by atoms with Crippen LogP contribution in [-0.2, 0) is 5.75 Å². The van der Waals surface area contributed by atoms with Crippen LogP contribution in [0.4, 0.5) is 0 Å². The molecule has 0 amide bonds. The Balaban J connectivity index is 2.21. The van der Waals surface area contributed by atoms with E-state index in [1.54, 1.807) is 0 Å². The van der Waals surface area contributed by atoms with Crippen molar-refractivity contribution in [2.75, 3.05) is 0 Å². The van der Waals surface area contributed by atoms with Gasteiger partial charge in [0.05, 0.1) is 5.69 Å². The maximum Gasteiger partial charge on any atom is 0.103 e. The summed E-state index contributed by atoms with van der Waals surface area (Å²) in [5.74, 6) is 1.01. The van der Waals surface area contributed by atoms with Gasteiger partial charge in [-0.1, -0.05) is 41.9 Å². The molecule has 96 valence electrons. The number of thiazole rings is 1. The van der Waals surface area contributed by atoms with E-state index in [-0.39, 0.29) is 0 Å². The average molecular weight is 342 g/mol. The number of halogens is 1. The van der Waals surface area contributed by atoms with Gasteiger partial charge in [0.25, 0.3) is 0 Å². The molecule has 0 aliphatic carbocycles. The lowest BCUT2D eigenvalue weighted by Gasteiger charge is -2.01. The Bertz CT molecular complexity index is 517. The van der Waals surface area contributed by atoms with E-state index in [1.807, 2.05) is 23.1 Å². The fourth-order valence-electron chi connectivity index (χ4n) is 1.63. The zero-order valence-corrected chi connectivity index (χ0v) is 14.0. The van der Waals surface area contributed by atoms with Crippen LogP contribution in [0, 0.1) is 6.92 Å². The van der Waals surface area contributed by atoms with Gasteiger partial charge in [-0.05, 0) is 24.3 Å². The molecule has 1 aromatic carbocycles. The standard InChI is InChI=1S/C14H16BrNS2/c1-9(2)17-8-13-16-14(10(3)18-13)11-4-6-12(15)7-5-11/h4-7,9H,8H2,1-3H3. The van der Waals surface area contributed by atoms with E-state index in [0.29, 0.717) is 5.25 Å². The van der Waals surface area contributed by atoms with Crippen LogP contribution >= 0.6 is 39.0 Å². The lowest BCUT2D eigenvalue weighted by atomic mass is 10.1. The lowest BCUT2D eigenvalue weighted by molar-refractivity contribution is 1.10. The second-order valence-corrected chi connectivity index (χ2v) is 8.15. The fourth-order valence-corrected chi connectivity index (χ4v) is 3.62. The van der Waals surface area contributed by atoms with Crippen molar-refractivity contribution in [2.45, 2.75) is 31.8 Å². The first kappa shape index (κ1) is 14.1. The summed E-state index contributed by atoms with van der Waals surface area (Å²) >= 11 is 7.22. The number of thioether (sulfide) groups is 1. The van der Waals surface area contributed by atoms with E-state index in [0.717, 1.165) is 15.9 Å². The highest BCUT2D eigenvalue weighted by Crippen LogP contribution is 2.30. The van der Waals surface area contributed by atoms with Gasteiger partial charge in [0.1, 0.15) is 5.01 Å². The molecule has 4 heteroatoms. The quantitative estimate of drug-likeness (QED) is 0.725. The first-order valence-corrected chi connectivity index (χ1v) is 8.56. The summed E-state index contributed by atoms with van der Waals surface area (Å²) < 4.78 is 1.11. The number of benzene rings is 1. The molecular formula is C14H16BrNS2. The Morgan fingerprint density at radius 3 is 2.56 bits per heavy atom. The number of aromatic nitrogens is 1. The summed E-state index contributed by atoms with van der Waals surface area (Å²) in [4.78, 5) is 6.07. The number of nitrogens with zero attached hydrogens (tertiary/aromatic N) is 1. The molecule has 0 aliphatic heterocycles. The topological polar surface area (TPSA) is 12.9 Å². The van der Waals surface area contributed by atoms with E-state index in [4.69, 9.17) is 4.98 Å². The Morgan fingerprint density at radius 2 is 1.94 bits per heavy atom. The molecule has 0 atom stereocenters. The molecule has 0 radical (unpaired) electrons. The Labute approximate surface area is 125 Å². The molecule has 0 unspecified atom stereocenters. The fraction of sp³-hybridized carbons (Fsp3) is 0.357. The summed E-state index contributed by atoms with van der Waals surface area (Å²) in [6.07, 6.45) is 0. The Morgan fingerprint density at radius 1 is 1.28 bits per heavy atom. The molecule has 0 fully saturated rings. The molecule has 1 heterocycles. The van der Waals surface area contributed by atoms with Crippen LogP contribution in [0.25, 0.3) is 11.3 Å². The summed E-state index contributed by atoms with van der Waals surface area (Å²) in [5, 5.41) is 1.88. The van der Waals surface area contributed by atoms with Crippen molar-refractivity contribution < 1.29 is 0 Å². The molecule has 0 bridgehead atoms. The number of rotatable bonds is 4. The molecule has 2 aromatic rings. The summed E-state index contributed by atoms with van der Waals surface area (Å²) in [6.45, 7) is 6.60. The predicted molar refractivity (Wildman–Crippen MR) is 86.4 cm³/mol.